The number of benzene rings is 1. The van der Waals surface area contributed by atoms with E-state index in [2.05, 4.69) is 4.98 Å². The van der Waals surface area contributed by atoms with Crippen molar-refractivity contribution < 1.29 is 0 Å². The second-order valence-corrected chi connectivity index (χ2v) is 6.23. The Morgan fingerprint density at radius 2 is 1.91 bits per heavy atom. The van der Waals surface area contributed by atoms with E-state index in [1.807, 2.05) is 34.9 Å². The zero-order chi connectivity index (χ0) is 16.0. The molecule has 6 nitrogen and oxygen atoms in total. The summed E-state index contributed by atoms with van der Waals surface area (Å²) in [5, 5.41) is 0. The third-order valence-electron chi connectivity index (χ3n) is 4.43. The number of rotatable bonds is 4. The first-order chi connectivity index (χ1) is 11.1. The van der Waals surface area contributed by atoms with Gasteiger partial charge in [0, 0.05) is 20.1 Å². The summed E-state index contributed by atoms with van der Waals surface area (Å²) >= 11 is 0. The summed E-state index contributed by atoms with van der Waals surface area (Å²) in [4.78, 5) is 29.3. The van der Waals surface area contributed by atoms with Gasteiger partial charge in [-0.3, -0.25) is 13.9 Å². The first kappa shape index (κ1) is 14.0. The molecule has 6 heteroatoms. The molecule has 0 atom stereocenters. The van der Waals surface area contributed by atoms with Crippen molar-refractivity contribution in [2.24, 2.45) is 13.0 Å². The van der Waals surface area contributed by atoms with Gasteiger partial charge in [-0.15, -0.1) is 0 Å². The summed E-state index contributed by atoms with van der Waals surface area (Å²) in [5.41, 5.74) is 1.52. The molecular formula is C17H18N4O2. The summed E-state index contributed by atoms with van der Waals surface area (Å²) < 4.78 is 4.67. The molecule has 0 spiro atoms. The van der Waals surface area contributed by atoms with Crippen molar-refractivity contribution >= 4 is 11.2 Å². The van der Waals surface area contributed by atoms with E-state index in [1.165, 1.54) is 11.6 Å². The van der Waals surface area contributed by atoms with E-state index >= 15 is 0 Å². The lowest BCUT2D eigenvalue weighted by molar-refractivity contribution is 0.576. The van der Waals surface area contributed by atoms with Gasteiger partial charge in [0.25, 0.3) is 5.56 Å². The molecule has 0 aliphatic heterocycles. The van der Waals surface area contributed by atoms with Crippen molar-refractivity contribution in [3.63, 3.8) is 0 Å². The Hall–Kier alpha value is -2.63. The highest BCUT2D eigenvalue weighted by Gasteiger charge is 2.25. The summed E-state index contributed by atoms with van der Waals surface area (Å²) in [6, 6.07) is 9.92. The maximum Gasteiger partial charge on any atom is 0.332 e. The van der Waals surface area contributed by atoms with Gasteiger partial charge < -0.3 is 4.57 Å². The average molecular weight is 310 g/mol. The van der Waals surface area contributed by atoms with Crippen LogP contribution in [0.1, 0.15) is 18.4 Å². The Balaban J connectivity index is 1.89. The van der Waals surface area contributed by atoms with Crippen LogP contribution in [0, 0.1) is 5.92 Å². The number of hydrogen-bond donors (Lipinski definition) is 0. The van der Waals surface area contributed by atoms with Crippen LogP contribution >= 0.6 is 0 Å². The van der Waals surface area contributed by atoms with E-state index in [0.717, 1.165) is 18.4 Å². The van der Waals surface area contributed by atoms with E-state index in [0.29, 0.717) is 30.2 Å². The van der Waals surface area contributed by atoms with Crippen LogP contribution in [0.4, 0.5) is 0 Å². The largest absolute Gasteiger partial charge is 0.332 e. The van der Waals surface area contributed by atoms with E-state index in [9.17, 15) is 9.59 Å². The molecular weight excluding hydrogens is 292 g/mol. The molecule has 0 saturated heterocycles. The minimum absolute atomic E-state index is 0.278. The van der Waals surface area contributed by atoms with Crippen molar-refractivity contribution in [1.82, 2.24) is 18.7 Å². The summed E-state index contributed by atoms with van der Waals surface area (Å²) in [6.45, 7) is 1.21. The first-order valence-electron chi connectivity index (χ1n) is 7.83. The predicted octanol–water partition coefficient (Wildman–Crippen LogP) is 1.35. The molecule has 4 rings (SSSR count). The fourth-order valence-corrected chi connectivity index (χ4v) is 2.93. The lowest BCUT2D eigenvalue weighted by Gasteiger charge is -2.09. The zero-order valence-electron chi connectivity index (χ0n) is 13.0. The smallest absolute Gasteiger partial charge is 0.320 e. The number of fused-ring (bicyclic) bond motifs is 1. The summed E-state index contributed by atoms with van der Waals surface area (Å²) in [7, 11) is 1.54. The molecule has 0 N–H and O–H groups in total. The van der Waals surface area contributed by atoms with Gasteiger partial charge in [0.05, 0.1) is 6.33 Å². The van der Waals surface area contributed by atoms with Gasteiger partial charge in [0.2, 0.25) is 0 Å². The second-order valence-electron chi connectivity index (χ2n) is 6.23. The topological polar surface area (TPSA) is 61.8 Å². The van der Waals surface area contributed by atoms with E-state index < -0.39 is 0 Å². The van der Waals surface area contributed by atoms with Gasteiger partial charge in [-0.05, 0) is 24.3 Å². The van der Waals surface area contributed by atoms with Gasteiger partial charge in [-0.2, -0.15) is 0 Å². The highest BCUT2D eigenvalue weighted by Crippen LogP contribution is 2.30. The van der Waals surface area contributed by atoms with E-state index in [1.54, 1.807) is 10.9 Å². The van der Waals surface area contributed by atoms with Gasteiger partial charge in [0.1, 0.15) is 0 Å². The van der Waals surface area contributed by atoms with Crippen molar-refractivity contribution in [3.05, 3.63) is 63.1 Å². The molecule has 1 saturated carbocycles. The SMILES string of the molecule is Cn1c(=O)c2c(ncn2Cc2ccccc2)n(CC2CC2)c1=O. The van der Waals surface area contributed by atoms with Crippen LogP contribution in [0.5, 0.6) is 0 Å². The molecule has 2 aromatic heterocycles. The fourth-order valence-electron chi connectivity index (χ4n) is 2.93. The van der Waals surface area contributed by atoms with Crippen LogP contribution in [0.15, 0.2) is 46.2 Å². The minimum atomic E-state index is -0.287. The van der Waals surface area contributed by atoms with Crippen LogP contribution in [-0.2, 0) is 20.1 Å². The monoisotopic (exact) mass is 310 g/mol. The predicted molar refractivity (Wildman–Crippen MR) is 87.5 cm³/mol. The Morgan fingerprint density at radius 3 is 2.61 bits per heavy atom. The standard InChI is InChI=1S/C17H18N4O2/c1-19-16(22)14-15(21(17(19)23)10-13-7-8-13)18-11-20(14)9-12-5-3-2-4-6-12/h2-6,11,13H,7-10H2,1H3. The van der Waals surface area contributed by atoms with Gasteiger partial charge in [0.15, 0.2) is 11.2 Å². The Bertz CT molecular complexity index is 977. The zero-order valence-corrected chi connectivity index (χ0v) is 13.0. The molecule has 118 valence electrons. The molecule has 1 aliphatic carbocycles. The molecule has 1 aliphatic rings. The highest BCUT2D eigenvalue weighted by molar-refractivity contribution is 5.70. The second kappa shape index (κ2) is 5.22. The summed E-state index contributed by atoms with van der Waals surface area (Å²) in [5.74, 6) is 0.535. The molecule has 2 heterocycles. The maximum absolute atomic E-state index is 12.6. The third kappa shape index (κ3) is 2.40. The molecule has 1 aromatic carbocycles. The van der Waals surface area contributed by atoms with Crippen molar-refractivity contribution in [2.75, 3.05) is 0 Å². The Labute approximate surface area is 132 Å². The lowest BCUT2D eigenvalue weighted by atomic mass is 10.2. The van der Waals surface area contributed by atoms with Gasteiger partial charge >= 0.3 is 5.69 Å². The normalized spacial score (nSPS) is 14.5. The van der Waals surface area contributed by atoms with E-state index in [-0.39, 0.29) is 11.2 Å². The third-order valence-corrected chi connectivity index (χ3v) is 4.43. The molecule has 1 fully saturated rings. The highest BCUT2D eigenvalue weighted by atomic mass is 16.2. The average Bonchev–Trinajstić information content (AvgIpc) is 3.30. The fraction of sp³-hybridized carbons (Fsp3) is 0.353. The Morgan fingerprint density at radius 1 is 1.17 bits per heavy atom. The number of hydrogen-bond acceptors (Lipinski definition) is 3. The van der Waals surface area contributed by atoms with Gasteiger partial charge in [-0.25, -0.2) is 9.78 Å². The summed E-state index contributed by atoms with van der Waals surface area (Å²) in [6.07, 6.45) is 3.94. The maximum atomic E-state index is 12.6. The number of aromatic nitrogens is 4. The van der Waals surface area contributed by atoms with Crippen LogP contribution in [0.2, 0.25) is 0 Å². The Kier molecular flexibility index (Phi) is 3.18. The van der Waals surface area contributed by atoms with E-state index in [4.69, 9.17) is 0 Å². The molecule has 0 bridgehead atoms. The van der Waals surface area contributed by atoms with Gasteiger partial charge in [-0.1, -0.05) is 30.3 Å². The van der Waals surface area contributed by atoms with Crippen LogP contribution < -0.4 is 11.2 Å². The molecule has 0 radical (unpaired) electrons. The first-order valence-corrected chi connectivity index (χ1v) is 7.83. The molecule has 0 unspecified atom stereocenters. The van der Waals surface area contributed by atoms with Crippen LogP contribution in [0.3, 0.4) is 0 Å². The number of imidazole rings is 1. The molecule has 0 amide bonds. The van der Waals surface area contributed by atoms with Crippen LogP contribution in [0.25, 0.3) is 11.2 Å². The van der Waals surface area contributed by atoms with Crippen LogP contribution in [-0.4, -0.2) is 18.7 Å². The number of nitrogens with zero attached hydrogens (tertiary/aromatic N) is 4. The molecule has 23 heavy (non-hydrogen) atoms. The molecule has 3 aromatic rings. The van der Waals surface area contributed by atoms with Crippen molar-refractivity contribution in [2.45, 2.75) is 25.9 Å². The lowest BCUT2D eigenvalue weighted by Crippen LogP contribution is -2.39. The van der Waals surface area contributed by atoms with Crippen molar-refractivity contribution in [3.8, 4) is 0 Å². The van der Waals surface area contributed by atoms with Crippen molar-refractivity contribution in [1.29, 1.82) is 0 Å². The quantitative estimate of drug-likeness (QED) is 0.731. The minimum Gasteiger partial charge on any atom is -0.320 e.